The first-order chi connectivity index (χ1) is 10.3. The van der Waals surface area contributed by atoms with Crippen LogP contribution in [0.2, 0.25) is 0 Å². The highest BCUT2D eigenvalue weighted by Gasteiger charge is 2.38. The van der Waals surface area contributed by atoms with Gasteiger partial charge >= 0.3 is 5.97 Å². The van der Waals surface area contributed by atoms with Crippen molar-refractivity contribution in [2.75, 3.05) is 12.8 Å². The fraction of sp³-hybridized carbons (Fsp3) is 0.308. The Labute approximate surface area is 127 Å². The van der Waals surface area contributed by atoms with Crippen LogP contribution in [0.4, 0.5) is 0 Å². The van der Waals surface area contributed by atoms with Crippen LogP contribution in [-0.4, -0.2) is 44.1 Å². The number of nitrogens with one attached hydrogen (secondary N) is 1. The molecule has 0 bridgehead atoms. The van der Waals surface area contributed by atoms with Gasteiger partial charge in [0.25, 0.3) is 11.8 Å². The van der Waals surface area contributed by atoms with Crippen LogP contribution in [0.25, 0.3) is 0 Å². The first-order valence-electron chi connectivity index (χ1n) is 6.43. The van der Waals surface area contributed by atoms with Gasteiger partial charge in [-0.15, -0.1) is 0 Å². The predicted molar refractivity (Wildman–Crippen MR) is 75.1 cm³/mol. The lowest BCUT2D eigenvalue weighted by Gasteiger charge is -2.12. The van der Waals surface area contributed by atoms with Gasteiger partial charge in [-0.1, -0.05) is 17.2 Å². The van der Waals surface area contributed by atoms with Crippen LogP contribution in [0, 0.1) is 0 Å². The fourth-order valence-corrected chi connectivity index (χ4v) is 2.40. The topological polar surface area (TPSA) is 110 Å². The van der Waals surface area contributed by atoms with E-state index in [2.05, 4.69) is 4.72 Å². The minimum absolute atomic E-state index is 0.0655. The van der Waals surface area contributed by atoms with E-state index in [0.29, 0.717) is 5.06 Å². The van der Waals surface area contributed by atoms with Crippen LogP contribution < -0.4 is 4.72 Å². The summed E-state index contributed by atoms with van der Waals surface area (Å²) in [5.74, 6) is -2.17. The Morgan fingerprint density at radius 3 is 2.23 bits per heavy atom. The number of imide groups is 1. The molecule has 0 atom stereocenters. The molecule has 0 spiro atoms. The number of sulfonamides is 1. The highest BCUT2D eigenvalue weighted by atomic mass is 32.2. The van der Waals surface area contributed by atoms with E-state index >= 15 is 0 Å². The molecule has 0 fully saturated rings. The van der Waals surface area contributed by atoms with Gasteiger partial charge in [-0.2, -0.15) is 0 Å². The Kier molecular flexibility index (Phi) is 4.57. The monoisotopic (exact) mass is 326 g/mol. The van der Waals surface area contributed by atoms with Crippen LogP contribution in [0.5, 0.6) is 0 Å². The number of nitrogens with zero attached hydrogens (tertiary/aromatic N) is 1. The summed E-state index contributed by atoms with van der Waals surface area (Å²) >= 11 is 0. The minimum atomic E-state index is -3.32. The molecule has 0 aromatic heterocycles. The third-order valence-corrected chi connectivity index (χ3v) is 3.60. The summed E-state index contributed by atoms with van der Waals surface area (Å²) in [6, 6.07) is 6.15. The molecule has 8 nitrogen and oxygen atoms in total. The van der Waals surface area contributed by atoms with E-state index in [9.17, 15) is 22.8 Å². The van der Waals surface area contributed by atoms with Gasteiger partial charge in [0.15, 0.2) is 0 Å². The van der Waals surface area contributed by atoms with Gasteiger partial charge in [0.2, 0.25) is 10.0 Å². The molecular weight excluding hydrogens is 312 g/mol. The van der Waals surface area contributed by atoms with Gasteiger partial charge in [-0.25, -0.2) is 17.9 Å². The van der Waals surface area contributed by atoms with Crippen molar-refractivity contribution in [3.8, 4) is 0 Å². The zero-order valence-electron chi connectivity index (χ0n) is 11.7. The Hall–Kier alpha value is -2.26. The summed E-state index contributed by atoms with van der Waals surface area (Å²) in [5, 5.41) is 0.428. The lowest BCUT2D eigenvalue weighted by molar-refractivity contribution is -0.168. The third-order valence-electron chi connectivity index (χ3n) is 2.87. The Balaban J connectivity index is 1.88. The van der Waals surface area contributed by atoms with E-state index in [4.69, 9.17) is 4.84 Å². The molecule has 0 unspecified atom stereocenters. The lowest BCUT2D eigenvalue weighted by atomic mass is 10.1. The summed E-state index contributed by atoms with van der Waals surface area (Å²) in [7, 11) is -3.32. The van der Waals surface area contributed by atoms with Crippen LogP contribution in [0.1, 0.15) is 33.6 Å². The maximum absolute atomic E-state index is 11.9. The van der Waals surface area contributed by atoms with Gasteiger partial charge in [-0.3, -0.25) is 9.59 Å². The summed E-state index contributed by atoms with van der Waals surface area (Å²) in [6.45, 7) is 0.0655. The normalized spacial score (nSPS) is 14.1. The third kappa shape index (κ3) is 3.68. The van der Waals surface area contributed by atoms with E-state index in [-0.39, 0.29) is 30.5 Å². The van der Waals surface area contributed by atoms with Crippen molar-refractivity contribution in [3.63, 3.8) is 0 Å². The van der Waals surface area contributed by atoms with Crippen LogP contribution in [0.15, 0.2) is 24.3 Å². The molecule has 2 rings (SSSR count). The molecular formula is C13H14N2O6S. The SMILES string of the molecule is CS(=O)(=O)NCCCC(=O)ON1C(=O)c2ccccc2C1=O. The zero-order valence-corrected chi connectivity index (χ0v) is 12.6. The first-order valence-corrected chi connectivity index (χ1v) is 8.32. The molecule has 118 valence electrons. The van der Waals surface area contributed by atoms with Crippen molar-refractivity contribution in [3.05, 3.63) is 35.4 Å². The maximum Gasteiger partial charge on any atom is 0.333 e. The second kappa shape index (κ2) is 6.24. The molecule has 1 aliphatic rings. The highest BCUT2D eigenvalue weighted by molar-refractivity contribution is 7.88. The van der Waals surface area contributed by atoms with Crippen molar-refractivity contribution < 1.29 is 27.6 Å². The average molecular weight is 326 g/mol. The second-order valence-corrected chi connectivity index (χ2v) is 6.52. The van der Waals surface area contributed by atoms with E-state index in [1.165, 1.54) is 12.1 Å². The number of benzene rings is 1. The molecule has 1 aromatic carbocycles. The maximum atomic E-state index is 11.9. The molecule has 0 radical (unpaired) electrons. The van der Waals surface area contributed by atoms with Crippen molar-refractivity contribution >= 4 is 27.8 Å². The standard InChI is InChI=1S/C13H14N2O6S/c1-22(19,20)14-8-4-7-11(16)21-15-12(17)9-5-2-3-6-10(9)13(15)18/h2-3,5-6,14H,4,7-8H2,1H3. The van der Waals surface area contributed by atoms with Crippen LogP contribution >= 0.6 is 0 Å². The van der Waals surface area contributed by atoms with Gasteiger partial charge in [0, 0.05) is 13.0 Å². The molecule has 0 saturated heterocycles. The van der Waals surface area contributed by atoms with Crippen LogP contribution in [0.3, 0.4) is 0 Å². The van der Waals surface area contributed by atoms with Crippen molar-refractivity contribution in [1.29, 1.82) is 0 Å². The summed E-state index contributed by atoms with van der Waals surface area (Å²) in [6.07, 6.45) is 1.06. The van der Waals surface area contributed by atoms with E-state index in [1.807, 2.05) is 0 Å². The molecule has 0 aliphatic carbocycles. The number of carbonyl (C=O) groups excluding carboxylic acids is 3. The smallest absolute Gasteiger partial charge is 0.330 e. The largest absolute Gasteiger partial charge is 0.333 e. The zero-order chi connectivity index (χ0) is 16.3. The number of hydroxylamine groups is 2. The molecule has 1 N–H and O–H groups in total. The number of hydrogen-bond donors (Lipinski definition) is 1. The highest BCUT2D eigenvalue weighted by Crippen LogP contribution is 2.22. The molecule has 9 heteroatoms. The molecule has 2 amide bonds. The quantitative estimate of drug-likeness (QED) is 0.585. The second-order valence-electron chi connectivity index (χ2n) is 4.68. The minimum Gasteiger partial charge on any atom is -0.330 e. The van der Waals surface area contributed by atoms with Crippen LogP contribution in [-0.2, 0) is 19.7 Å². The van der Waals surface area contributed by atoms with E-state index in [0.717, 1.165) is 6.26 Å². The van der Waals surface area contributed by atoms with Gasteiger partial charge in [-0.05, 0) is 18.6 Å². The van der Waals surface area contributed by atoms with Gasteiger partial charge in [0.1, 0.15) is 0 Å². The lowest BCUT2D eigenvalue weighted by Crippen LogP contribution is -2.33. The van der Waals surface area contributed by atoms with Crippen molar-refractivity contribution in [2.24, 2.45) is 0 Å². The molecule has 1 aromatic rings. The molecule has 1 aliphatic heterocycles. The van der Waals surface area contributed by atoms with Crippen molar-refractivity contribution in [1.82, 2.24) is 9.79 Å². The Morgan fingerprint density at radius 1 is 1.18 bits per heavy atom. The van der Waals surface area contributed by atoms with E-state index < -0.39 is 27.8 Å². The summed E-state index contributed by atoms with van der Waals surface area (Å²) in [4.78, 5) is 40.3. The first kappa shape index (κ1) is 16.1. The summed E-state index contributed by atoms with van der Waals surface area (Å²) < 4.78 is 23.9. The fourth-order valence-electron chi connectivity index (χ4n) is 1.89. The Bertz CT molecular complexity index is 693. The number of fused-ring (bicyclic) bond motifs is 1. The predicted octanol–water partition coefficient (Wildman–Crippen LogP) is 0.0702. The number of carbonyl (C=O) groups is 3. The molecule has 1 heterocycles. The summed E-state index contributed by atoms with van der Waals surface area (Å²) in [5.41, 5.74) is 0.359. The van der Waals surface area contributed by atoms with Crippen molar-refractivity contribution in [2.45, 2.75) is 12.8 Å². The average Bonchev–Trinajstić information content (AvgIpc) is 2.68. The van der Waals surface area contributed by atoms with E-state index in [1.54, 1.807) is 12.1 Å². The molecule has 22 heavy (non-hydrogen) atoms. The van der Waals surface area contributed by atoms with Gasteiger partial charge in [0.05, 0.1) is 17.4 Å². The van der Waals surface area contributed by atoms with Gasteiger partial charge < -0.3 is 4.84 Å². The number of hydrogen-bond acceptors (Lipinski definition) is 6. The molecule has 0 saturated carbocycles. The number of rotatable bonds is 6. The Morgan fingerprint density at radius 2 is 1.73 bits per heavy atom. The number of amides is 2.